The number of hydrogen-bond donors (Lipinski definition) is 1. The van der Waals surface area contributed by atoms with Crippen molar-refractivity contribution in [2.24, 2.45) is 0 Å². The van der Waals surface area contributed by atoms with Gasteiger partial charge in [0.25, 0.3) is 0 Å². The van der Waals surface area contributed by atoms with Gasteiger partial charge in [-0.2, -0.15) is 0 Å². The predicted octanol–water partition coefficient (Wildman–Crippen LogP) is 3.99. The van der Waals surface area contributed by atoms with Crippen LogP contribution in [0.2, 0.25) is 5.02 Å². The standard InChI is InChI=1S/C17H12ClNO2/c18-12-2-3-15-13(8-12)14(9-19-15)17(20)11-1-4-16-10(7-11)5-6-21-16/h1-4,7-9,19H,5-6H2. The molecule has 2 aromatic carbocycles. The Kier molecular flexibility index (Phi) is 2.76. The number of aromatic nitrogens is 1. The maximum atomic E-state index is 12.7. The van der Waals surface area contributed by atoms with Crippen molar-refractivity contribution >= 4 is 28.3 Å². The predicted molar refractivity (Wildman–Crippen MR) is 82.4 cm³/mol. The van der Waals surface area contributed by atoms with Crippen LogP contribution < -0.4 is 4.74 Å². The smallest absolute Gasteiger partial charge is 0.195 e. The van der Waals surface area contributed by atoms with E-state index in [1.807, 2.05) is 30.3 Å². The van der Waals surface area contributed by atoms with Crippen molar-refractivity contribution in [1.82, 2.24) is 4.98 Å². The van der Waals surface area contributed by atoms with E-state index in [9.17, 15) is 4.79 Å². The number of H-pyrrole nitrogens is 1. The van der Waals surface area contributed by atoms with E-state index >= 15 is 0 Å². The second kappa shape index (κ2) is 4.64. The molecule has 0 amide bonds. The molecule has 1 N–H and O–H groups in total. The molecule has 0 radical (unpaired) electrons. The SMILES string of the molecule is O=C(c1ccc2c(c1)CCO2)c1c[nH]c2ccc(Cl)cc12. The van der Waals surface area contributed by atoms with Crippen LogP contribution in [0.1, 0.15) is 21.5 Å². The number of carbonyl (C=O) groups excluding carboxylic acids is 1. The molecule has 1 aliphatic rings. The molecule has 0 fully saturated rings. The Labute approximate surface area is 126 Å². The summed E-state index contributed by atoms with van der Waals surface area (Å²) in [6.45, 7) is 0.690. The number of benzene rings is 2. The molecule has 0 saturated heterocycles. The Balaban J connectivity index is 1.81. The van der Waals surface area contributed by atoms with E-state index in [-0.39, 0.29) is 5.78 Å². The monoisotopic (exact) mass is 297 g/mol. The molecule has 3 nitrogen and oxygen atoms in total. The number of aromatic amines is 1. The lowest BCUT2D eigenvalue weighted by Gasteiger charge is -2.03. The molecule has 4 rings (SSSR count). The fourth-order valence-corrected chi connectivity index (χ4v) is 2.94. The Hall–Kier alpha value is -2.26. The zero-order chi connectivity index (χ0) is 14.4. The minimum atomic E-state index is -0.00165. The molecule has 0 bridgehead atoms. The lowest BCUT2D eigenvalue weighted by molar-refractivity contribution is 0.104. The summed E-state index contributed by atoms with van der Waals surface area (Å²) in [7, 11) is 0. The van der Waals surface area contributed by atoms with Crippen LogP contribution in [0.3, 0.4) is 0 Å². The van der Waals surface area contributed by atoms with Gasteiger partial charge in [0.15, 0.2) is 5.78 Å². The normalized spacial score (nSPS) is 13.2. The molecular formula is C17H12ClNO2. The highest BCUT2D eigenvalue weighted by atomic mass is 35.5. The van der Waals surface area contributed by atoms with E-state index in [0.717, 1.165) is 28.6 Å². The number of ketones is 1. The van der Waals surface area contributed by atoms with Gasteiger partial charge in [0, 0.05) is 39.7 Å². The summed E-state index contributed by atoms with van der Waals surface area (Å²) in [6.07, 6.45) is 2.60. The molecule has 0 saturated carbocycles. The van der Waals surface area contributed by atoms with E-state index in [1.54, 1.807) is 12.3 Å². The molecule has 2 heterocycles. The van der Waals surface area contributed by atoms with Crippen molar-refractivity contribution < 1.29 is 9.53 Å². The van der Waals surface area contributed by atoms with Crippen LogP contribution in [0.15, 0.2) is 42.6 Å². The van der Waals surface area contributed by atoms with Gasteiger partial charge in [-0.1, -0.05) is 11.6 Å². The zero-order valence-corrected chi connectivity index (χ0v) is 11.9. The second-order valence-electron chi connectivity index (χ2n) is 5.14. The maximum absolute atomic E-state index is 12.7. The summed E-state index contributed by atoms with van der Waals surface area (Å²) in [4.78, 5) is 15.8. The highest BCUT2D eigenvalue weighted by Crippen LogP contribution is 2.29. The summed E-state index contributed by atoms with van der Waals surface area (Å²) >= 11 is 6.03. The van der Waals surface area contributed by atoms with Crippen LogP contribution in [0.5, 0.6) is 5.75 Å². The van der Waals surface area contributed by atoms with Crippen LogP contribution >= 0.6 is 11.6 Å². The highest BCUT2D eigenvalue weighted by molar-refractivity contribution is 6.31. The van der Waals surface area contributed by atoms with Crippen molar-refractivity contribution in [2.45, 2.75) is 6.42 Å². The van der Waals surface area contributed by atoms with E-state index in [4.69, 9.17) is 16.3 Å². The molecule has 1 aromatic heterocycles. The van der Waals surface area contributed by atoms with E-state index in [1.165, 1.54) is 0 Å². The Morgan fingerprint density at radius 1 is 1.19 bits per heavy atom. The Morgan fingerprint density at radius 2 is 2.10 bits per heavy atom. The van der Waals surface area contributed by atoms with Crippen LogP contribution in [0.25, 0.3) is 10.9 Å². The third kappa shape index (κ3) is 2.01. The van der Waals surface area contributed by atoms with Gasteiger partial charge in [0.05, 0.1) is 6.61 Å². The molecule has 1 aliphatic heterocycles. The maximum Gasteiger partial charge on any atom is 0.195 e. The first-order valence-electron chi connectivity index (χ1n) is 6.79. The van der Waals surface area contributed by atoms with E-state index in [2.05, 4.69) is 4.98 Å². The van der Waals surface area contributed by atoms with Crippen molar-refractivity contribution in [1.29, 1.82) is 0 Å². The van der Waals surface area contributed by atoms with Crippen molar-refractivity contribution in [3.05, 3.63) is 64.3 Å². The minimum Gasteiger partial charge on any atom is -0.493 e. The summed E-state index contributed by atoms with van der Waals surface area (Å²) in [5.74, 6) is 0.881. The lowest BCUT2D eigenvalue weighted by Crippen LogP contribution is -2.00. The number of hydrogen-bond acceptors (Lipinski definition) is 2. The van der Waals surface area contributed by atoms with Gasteiger partial charge in [0.1, 0.15) is 5.75 Å². The largest absolute Gasteiger partial charge is 0.493 e. The number of fused-ring (bicyclic) bond motifs is 2. The fraction of sp³-hybridized carbons (Fsp3) is 0.118. The third-order valence-electron chi connectivity index (χ3n) is 3.84. The molecule has 0 aliphatic carbocycles. The molecule has 3 aromatic rings. The van der Waals surface area contributed by atoms with Crippen molar-refractivity contribution in [3.63, 3.8) is 0 Å². The van der Waals surface area contributed by atoms with Crippen LogP contribution in [-0.4, -0.2) is 17.4 Å². The van der Waals surface area contributed by atoms with Gasteiger partial charge >= 0.3 is 0 Å². The second-order valence-corrected chi connectivity index (χ2v) is 5.58. The van der Waals surface area contributed by atoms with E-state index < -0.39 is 0 Å². The van der Waals surface area contributed by atoms with Gasteiger partial charge in [0.2, 0.25) is 0 Å². The number of carbonyl (C=O) groups is 1. The Bertz CT molecular complexity index is 866. The van der Waals surface area contributed by atoms with Crippen LogP contribution in [0.4, 0.5) is 0 Å². The zero-order valence-electron chi connectivity index (χ0n) is 11.2. The lowest BCUT2D eigenvalue weighted by atomic mass is 10.00. The number of nitrogens with one attached hydrogen (secondary N) is 1. The molecule has 0 unspecified atom stereocenters. The Morgan fingerprint density at radius 3 is 3.00 bits per heavy atom. The first-order chi connectivity index (χ1) is 10.2. The summed E-state index contributed by atoms with van der Waals surface area (Å²) in [6, 6.07) is 11.1. The summed E-state index contributed by atoms with van der Waals surface area (Å²) in [5, 5.41) is 1.47. The topological polar surface area (TPSA) is 42.1 Å². The van der Waals surface area contributed by atoms with Gasteiger partial charge in [-0.15, -0.1) is 0 Å². The van der Waals surface area contributed by atoms with Crippen LogP contribution in [0, 0.1) is 0 Å². The van der Waals surface area contributed by atoms with E-state index in [0.29, 0.717) is 22.8 Å². The average Bonchev–Trinajstić information content (AvgIpc) is 3.11. The number of halogens is 1. The van der Waals surface area contributed by atoms with Gasteiger partial charge < -0.3 is 9.72 Å². The number of rotatable bonds is 2. The molecule has 0 atom stereocenters. The van der Waals surface area contributed by atoms with Crippen molar-refractivity contribution in [2.75, 3.05) is 6.61 Å². The molecule has 4 heteroatoms. The summed E-state index contributed by atoms with van der Waals surface area (Å²) in [5.41, 5.74) is 3.33. The fourth-order valence-electron chi connectivity index (χ4n) is 2.76. The third-order valence-corrected chi connectivity index (χ3v) is 4.08. The van der Waals surface area contributed by atoms with Gasteiger partial charge in [-0.25, -0.2) is 0 Å². The minimum absolute atomic E-state index is 0.00165. The number of ether oxygens (including phenoxy) is 1. The van der Waals surface area contributed by atoms with Gasteiger partial charge in [-0.05, 0) is 42.0 Å². The molecule has 0 spiro atoms. The highest BCUT2D eigenvalue weighted by Gasteiger charge is 2.18. The van der Waals surface area contributed by atoms with Gasteiger partial charge in [-0.3, -0.25) is 4.79 Å². The van der Waals surface area contributed by atoms with Crippen LogP contribution in [-0.2, 0) is 6.42 Å². The first kappa shape index (κ1) is 12.5. The first-order valence-corrected chi connectivity index (χ1v) is 7.17. The molecule has 104 valence electrons. The molecule has 21 heavy (non-hydrogen) atoms. The average molecular weight is 298 g/mol. The van der Waals surface area contributed by atoms with Crippen molar-refractivity contribution in [3.8, 4) is 5.75 Å². The summed E-state index contributed by atoms with van der Waals surface area (Å²) < 4.78 is 5.47. The molecular weight excluding hydrogens is 286 g/mol. The quantitative estimate of drug-likeness (QED) is 0.727.